The van der Waals surface area contributed by atoms with Crippen molar-refractivity contribution in [3.8, 4) is 0 Å². The van der Waals surface area contributed by atoms with Crippen molar-refractivity contribution in [2.75, 3.05) is 20.6 Å². The van der Waals surface area contributed by atoms with Gasteiger partial charge in [0.2, 0.25) is 10.0 Å². The first-order valence-electron chi connectivity index (χ1n) is 7.06. The van der Waals surface area contributed by atoms with Crippen LogP contribution in [0, 0.1) is 0 Å². The Morgan fingerprint density at radius 1 is 1.17 bits per heavy atom. The normalized spacial score (nSPS) is 12.3. The average molecular weight is 356 g/mol. The molecule has 0 aromatic heterocycles. The van der Waals surface area contributed by atoms with E-state index in [-0.39, 0.29) is 10.7 Å². The summed E-state index contributed by atoms with van der Waals surface area (Å²) in [5, 5.41) is 0. The number of amides is 1. The van der Waals surface area contributed by atoms with Crippen molar-refractivity contribution in [1.29, 1.82) is 0 Å². The number of carbonyl (C=O) groups excluding carboxylic acids is 3. The summed E-state index contributed by atoms with van der Waals surface area (Å²) in [6.07, 6.45) is -1.01. The number of rotatable bonds is 7. The molecule has 1 amide bonds. The number of nitrogens with one attached hydrogen (secondary N) is 1. The van der Waals surface area contributed by atoms with E-state index in [0.29, 0.717) is 5.56 Å². The Morgan fingerprint density at radius 2 is 1.71 bits per heavy atom. The predicted molar refractivity (Wildman–Crippen MR) is 85.9 cm³/mol. The molecule has 8 nitrogen and oxygen atoms in total. The number of ketones is 1. The van der Waals surface area contributed by atoms with Gasteiger partial charge >= 0.3 is 5.97 Å². The van der Waals surface area contributed by atoms with Gasteiger partial charge in [0.05, 0.1) is 4.90 Å². The Kier molecular flexibility index (Phi) is 6.61. The van der Waals surface area contributed by atoms with Gasteiger partial charge in [-0.25, -0.2) is 8.42 Å². The minimum Gasteiger partial charge on any atom is -0.452 e. The summed E-state index contributed by atoms with van der Waals surface area (Å²) in [7, 11) is -0.900. The first-order chi connectivity index (χ1) is 11.0. The topological polar surface area (TPSA) is 110 Å². The highest BCUT2D eigenvalue weighted by atomic mass is 32.2. The van der Waals surface area contributed by atoms with Gasteiger partial charge in [0, 0.05) is 19.7 Å². The zero-order chi connectivity index (χ0) is 18.5. The van der Waals surface area contributed by atoms with E-state index in [0.717, 1.165) is 0 Å². The lowest BCUT2D eigenvalue weighted by atomic mass is 10.2. The molecule has 1 N–H and O–H groups in total. The number of nitrogens with zero attached hydrogens (tertiary/aromatic N) is 1. The van der Waals surface area contributed by atoms with Crippen LogP contribution in [0.3, 0.4) is 0 Å². The fourth-order valence-corrected chi connectivity index (χ4v) is 2.73. The number of likely N-dealkylation sites (N-methyl/N-ethyl adjacent to an activating group) is 1. The monoisotopic (exact) mass is 356 g/mol. The third kappa shape index (κ3) is 5.43. The van der Waals surface area contributed by atoms with Gasteiger partial charge in [-0.15, -0.1) is 0 Å². The van der Waals surface area contributed by atoms with Crippen LogP contribution in [0.2, 0.25) is 0 Å². The van der Waals surface area contributed by atoms with Crippen LogP contribution in [0.1, 0.15) is 24.2 Å². The van der Waals surface area contributed by atoms with Crippen LogP contribution in [0.4, 0.5) is 0 Å². The Labute approximate surface area is 140 Å². The maximum Gasteiger partial charge on any atom is 0.321 e. The standard InChI is InChI=1S/C15H20N2O6S/c1-10(18)12-5-7-13(8-6-12)24(21,22)16-9-14(19)23-11(2)15(20)17(3)4/h5-8,11,16H,9H2,1-4H3. The molecule has 0 saturated heterocycles. The van der Waals surface area contributed by atoms with Crippen molar-refractivity contribution < 1.29 is 27.5 Å². The van der Waals surface area contributed by atoms with Crippen molar-refractivity contribution in [3.05, 3.63) is 29.8 Å². The molecule has 0 aliphatic heterocycles. The van der Waals surface area contributed by atoms with Gasteiger partial charge in [-0.1, -0.05) is 12.1 Å². The number of ether oxygens (including phenoxy) is 1. The number of Topliss-reactive ketones (excluding diaryl/α,β-unsaturated/α-hetero) is 1. The van der Waals surface area contributed by atoms with E-state index in [1.807, 2.05) is 0 Å². The Hall–Kier alpha value is -2.26. The van der Waals surface area contributed by atoms with Gasteiger partial charge in [0.15, 0.2) is 11.9 Å². The van der Waals surface area contributed by atoms with E-state index in [1.54, 1.807) is 0 Å². The van der Waals surface area contributed by atoms with Crippen LogP contribution in [0.5, 0.6) is 0 Å². The highest BCUT2D eigenvalue weighted by Gasteiger charge is 2.21. The van der Waals surface area contributed by atoms with E-state index in [4.69, 9.17) is 4.74 Å². The second kappa shape index (κ2) is 8.02. The van der Waals surface area contributed by atoms with Gasteiger partial charge in [-0.2, -0.15) is 4.72 Å². The first kappa shape index (κ1) is 19.8. The smallest absolute Gasteiger partial charge is 0.321 e. The number of esters is 1. The van der Waals surface area contributed by atoms with Crippen LogP contribution in [0.15, 0.2) is 29.2 Å². The van der Waals surface area contributed by atoms with Gasteiger partial charge in [-0.05, 0) is 26.0 Å². The Balaban J connectivity index is 2.66. The van der Waals surface area contributed by atoms with Crippen LogP contribution in [-0.2, 0) is 24.3 Å². The van der Waals surface area contributed by atoms with Crippen LogP contribution >= 0.6 is 0 Å². The number of benzene rings is 1. The Bertz CT molecular complexity index is 725. The summed E-state index contributed by atoms with van der Waals surface area (Å²) in [6.45, 7) is 2.16. The molecular formula is C15H20N2O6S. The molecule has 0 aliphatic rings. The molecule has 0 saturated carbocycles. The van der Waals surface area contributed by atoms with Crippen molar-refractivity contribution in [1.82, 2.24) is 9.62 Å². The Morgan fingerprint density at radius 3 is 2.17 bits per heavy atom. The third-order valence-corrected chi connectivity index (χ3v) is 4.49. The van der Waals surface area contributed by atoms with E-state index >= 15 is 0 Å². The van der Waals surface area contributed by atoms with Crippen molar-refractivity contribution in [3.63, 3.8) is 0 Å². The fraction of sp³-hybridized carbons (Fsp3) is 0.400. The van der Waals surface area contributed by atoms with Gasteiger partial charge in [0.1, 0.15) is 6.54 Å². The average Bonchev–Trinajstić information content (AvgIpc) is 2.52. The molecule has 0 bridgehead atoms. The molecule has 0 aliphatic carbocycles. The summed E-state index contributed by atoms with van der Waals surface area (Å²) in [4.78, 5) is 35.6. The van der Waals surface area contributed by atoms with Crippen LogP contribution < -0.4 is 4.72 Å². The van der Waals surface area contributed by atoms with Gasteiger partial charge in [0.25, 0.3) is 5.91 Å². The summed E-state index contributed by atoms with van der Waals surface area (Å²) in [5.41, 5.74) is 0.379. The molecule has 1 atom stereocenters. The third-order valence-electron chi connectivity index (χ3n) is 3.07. The molecule has 0 spiro atoms. The lowest BCUT2D eigenvalue weighted by Gasteiger charge is -2.17. The number of hydrogen-bond donors (Lipinski definition) is 1. The van der Waals surface area contributed by atoms with E-state index in [1.165, 1.54) is 57.1 Å². The van der Waals surface area contributed by atoms with Crippen molar-refractivity contribution in [2.45, 2.75) is 24.8 Å². The minimum absolute atomic E-state index is 0.0854. The molecular weight excluding hydrogens is 336 g/mol. The molecule has 24 heavy (non-hydrogen) atoms. The van der Waals surface area contributed by atoms with E-state index in [9.17, 15) is 22.8 Å². The second-order valence-electron chi connectivity index (χ2n) is 5.27. The lowest BCUT2D eigenvalue weighted by molar-refractivity contribution is -0.156. The highest BCUT2D eigenvalue weighted by molar-refractivity contribution is 7.89. The zero-order valence-electron chi connectivity index (χ0n) is 13.9. The molecule has 9 heteroatoms. The highest BCUT2D eigenvalue weighted by Crippen LogP contribution is 2.11. The fourth-order valence-electron chi connectivity index (χ4n) is 1.76. The predicted octanol–water partition coefficient (Wildman–Crippen LogP) is 0.187. The molecule has 1 aromatic carbocycles. The number of carbonyl (C=O) groups is 3. The largest absolute Gasteiger partial charge is 0.452 e. The number of sulfonamides is 1. The maximum atomic E-state index is 12.1. The van der Waals surface area contributed by atoms with E-state index in [2.05, 4.69) is 4.72 Å². The molecule has 0 heterocycles. The summed E-state index contributed by atoms with van der Waals surface area (Å²) in [5.74, 6) is -1.47. The SMILES string of the molecule is CC(=O)c1ccc(S(=O)(=O)NCC(=O)OC(C)C(=O)N(C)C)cc1. The number of hydrogen-bond acceptors (Lipinski definition) is 6. The van der Waals surface area contributed by atoms with Crippen molar-refractivity contribution >= 4 is 27.7 Å². The van der Waals surface area contributed by atoms with Gasteiger partial charge < -0.3 is 9.64 Å². The molecule has 1 unspecified atom stereocenters. The van der Waals surface area contributed by atoms with Gasteiger partial charge in [-0.3, -0.25) is 14.4 Å². The van der Waals surface area contributed by atoms with Crippen molar-refractivity contribution in [2.24, 2.45) is 0 Å². The molecule has 0 radical (unpaired) electrons. The quantitative estimate of drug-likeness (QED) is 0.551. The molecule has 0 fully saturated rings. The second-order valence-corrected chi connectivity index (χ2v) is 7.04. The van der Waals surface area contributed by atoms with E-state index < -0.39 is 34.5 Å². The molecule has 132 valence electrons. The summed E-state index contributed by atoms with van der Waals surface area (Å²) in [6, 6.07) is 5.30. The van der Waals surface area contributed by atoms with Crippen LogP contribution in [-0.4, -0.2) is 57.7 Å². The van der Waals surface area contributed by atoms with Crippen LogP contribution in [0.25, 0.3) is 0 Å². The zero-order valence-corrected chi connectivity index (χ0v) is 14.7. The lowest BCUT2D eigenvalue weighted by Crippen LogP contribution is -2.38. The first-order valence-corrected chi connectivity index (χ1v) is 8.54. The molecule has 1 rings (SSSR count). The minimum atomic E-state index is -3.93. The maximum absolute atomic E-state index is 12.1. The molecule has 1 aromatic rings. The summed E-state index contributed by atoms with van der Waals surface area (Å²) >= 11 is 0. The summed E-state index contributed by atoms with van der Waals surface area (Å²) < 4.78 is 31.1.